The lowest BCUT2D eigenvalue weighted by Gasteiger charge is -2.19. The highest BCUT2D eigenvalue weighted by atomic mass is 79.9. The Kier molecular flexibility index (Phi) is 5.42. The summed E-state index contributed by atoms with van der Waals surface area (Å²) in [6.07, 6.45) is 2.45. The molecule has 0 amide bonds. The smallest absolute Gasteiger partial charge is 0.114 e. The first-order chi connectivity index (χ1) is 9.60. The van der Waals surface area contributed by atoms with Gasteiger partial charge < -0.3 is 5.11 Å². The fraction of sp³-hybridized carbons (Fsp3) is 0.412. The Morgan fingerprint density at radius 3 is 2.05 bits per heavy atom. The van der Waals surface area contributed by atoms with Crippen molar-refractivity contribution in [2.45, 2.75) is 46.1 Å². The van der Waals surface area contributed by atoms with Crippen molar-refractivity contribution in [2.75, 3.05) is 0 Å². The number of aliphatic hydroxyl groups is 1. The molecule has 1 unspecified atom stereocenters. The van der Waals surface area contributed by atoms with Gasteiger partial charge in [0.1, 0.15) is 6.10 Å². The number of halogens is 1. The molecule has 20 heavy (non-hydrogen) atoms. The van der Waals surface area contributed by atoms with Crippen LogP contribution < -0.4 is 0 Å². The van der Waals surface area contributed by atoms with Crippen molar-refractivity contribution in [3.63, 3.8) is 0 Å². The van der Waals surface area contributed by atoms with Gasteiger partial charge in [0.25, 0.3) is 0 Å². The third-order valence-electron chi connectivity index (χ3n) is 3.72. The summed E-state index contributed by atoms with van der Waals surface area (Å²) in [5, 5.41) is 10.8. The van der Waals surface area contributed by atoms with E-state index in [1.807, 2.05) is 12.1 Å². The van der Waals surface area contributed by atoms with Crippen LogP contribution in [0.25, 0.3) is 0 Å². The quantitative estimate of drug-likeness (QED) is 0.775. The zero-order chi connectivity index (χ0) is 14.7. The van der Waals surface area contributed by atoms with Gasteiger partial charge in [-0.05, 0) is 69.6 Å². The molecule has 1 aromatic carbocycles. The first kappa shape index (κ1) is 15.7. The predicted molar refractivity (Wildman–Crippen MR) is 90.7 cm³/mol. The molecule has 0 saturated carbocycles. The van der Waals surface area contributed by atoms with Gasteiger partial charge >= 0.3 is 0 Å². The van der Waals surface area contributed by atoms with Gasteiger partial charge in [-0.2, -0.15) is 0 Å². The van der Waals surface area contributed by atoms with Crippen LogP contribution in [0.3, 0.4) is 0 Å². The van der Waals surface area contributed by atoms with E-state index in [2.05, 4.69) is 48.8 Å². The van der Waals surface area contributed by atoms with Crippen molar-refractivity contribution >= 4 is 27.3 Å². The van der Waals surface area contributed by atoms with E-state index in [0.29, 0.717) is 0 Å². The number of rotatable bonds is 5. The second-order valence-corrected chi connectivity index (χ2v) is 7.43. The summed E-state index contributed by atoms with van der Waals surface area (Å²) < 4.78 is 1.06. The Hall–Kier alpha value is -0.640. The highest BCUT2D eigenvalue weighted by Crippen LogP contribution is 2.35. The Balaban J connectivity index is 2.53. The van der Waals surface area contributed by atoms with Crippen molar-refractivity contribution in [1.29, 1.82) is 0 Å². The molecule has 0 fully saturated rings. The minimum atomic E-state index is -0.512. The normalized spacial score (nSPS) is 12.7. The molecule has 2 rings (SSSR count). The summed E-state index contributed by atoms with van der Waals surface area (Å²) in [6.45, 7) is 6.50. The topological polar surface area (TPSA) is 20.2 Å². The van der Waals surface area contributed by atoms with Crippen molar-refractivity contribution in [1.82, 2.24) is 0 Å². The van der Waals surface area contributed by atoms with Gasteiger partial charge in [-0.1, -0.05) is 32.9 Å². The summed E-state index contributed by atoms with van der Waals surface area (Å²) in [4.78, 5) is 1.01. The highest BCUT2D eigenvalue weighted by Gasteiger charge is 2.19. The Morgan fingerprint density at radius 1 is 1.05 bits per heavy atom. The molecule has 2 aromatic rings. The Morgan fingerprint density at radius 2 is 1.65 bits per heavy atom. The molecule has 0 aliphatic rings. The van der Waals surface area contributed by atoms with Crippen LogP contribution in [0.2, 0.25) is 0 Å². The molecule has 0 aliphatic carbocycles. The van der Waals surface area contributed by atoms with Crippen LogP contribution in [0.4, 0.5) is 0 Å². The molecule has 1 aromatic heterocycles. The first-order valence-corrected chi connectivity index (χ1v) is 8.79. The summed E-state index contributed by atoms with van der Waals surface area (Å²) >= 11 is 5.08. The summed E-state index contributed by atoms with van der Waals surface area (Å²) in [5.74, 6) is 0. The third kappa shape index (κ3) is 3.16. The number of benzene rings is 1. The standard InChI is InChI=1S/C17H21BrOS/c1-4-11-9-12(5-2)16(13(6-3)10-11)17(19)14-7-8-15(18)20-14/h7-10,17,19H,4-6H2,1-3H3. The maximum Gasteiger partial charge on any atom is 0.114 e. The molecule has 0 saturated heterocycles. The fourth-order valence-corrected chi connectivity index (χ4v) is 4.03. The van der Waals surface area contributed by atoms with Crippen LogP contribution in [0.1, 0.15) is 54.0 Å². The zero-order valence-electron chi connectivity index (χ0n) is 12.2. The van der Waals surface area contributed by atoms with Crippen LogP contribution in [-0.2, 0) is 19.3 Å². The van der Waals surface area contributed by atoms with Crippen LogP contribution in [0.5, 0.6) is 0 Å². The third-order valence-corrected chi connectivity index (χ3v) is 5.39. The molecule has 0 radical (unpaired) electrons. The van der Waals surface area contributed by atoms with Gasteiger partial charge in [0.2, 0.25) is 0 Å². The molecule has 1 atom stereocenters. The van der Waals surface area contributed by atoms with E-state index in [4.69, 9.17) is 0 Å². The number of aliphatic hydroxyl groups excluding tert-OH is 1. The maximum absolute atomic E-state index is 10.8. The van der Waals surface area contributed by atoms with E-state index >= 15 is 0 Å². The average Bonchev–Trinajstić information content (AvgIpc) is 2.91. The van der Waals surface area contributed by atoms with Gasteiger partial charge in [-0.15, -0.1) is 11.3 Å². The van der Waals surface area contributed by atoms with Gasteiger partial charge in [0.05, 0.1) is 3.79 Å². The van der Waals surface area contributed by atoms with Gasteiger partial charge in [-0.3, -0.25) is 0 Å². The fourth-order valence-electron chi connectivity index (χ4n) is 2.61. The number of aryl methyl sites for hydroxylation is 3. The monoisotopic (exact) mass is 352 g/mol. The number of hydrogen-bond acceptors (Lipinski definition) is 2. The average molecular weight is 353 g/mol. The van der Waals surface area contributed by atoms with E-state index < -0.39 is 6.10 Å². The lowest BCUT2D eigenvalue weighted by atomic mass is 9.90. The van der Waals surface area contributed by atoms with E-state index in [9.17, 15) is 5.11 Å². The molecule has 108 valence electrons. The van der Waals surface area contributed by atoms with Gasteiger partial charge in [0.15, 0.2) is 0 Å². The zero-order valence-corrected chi connectivity index (χ0v) is 14.6. The molecule has 1 N–H and O–H groups in total. The van der Waals surface area contributed by atoms with Crippen LogP contribution >= 0.6 is 27.3 Å². The summed E-state index contributed by atoms with van der Waals surface area (Å²) in [6, 6.07) is 8.51. The van der Waals surface area contributed by atoms with Crippen molar-refractivity contribution in [3.05, 3.63) is 55.2 Å². The molecule has 1 nitrogen and oxygen atoms in total. The van der Waals surface area contributed by atoms with Crippen molar-refractivity contribution < 1.29 is 5.11 Å². The van der Waals surface area contributed by atoms with Crippen LogP contribution in [0, 0.1) is 0 Å². The Labute approximate surface area is 133 Å². The van der Waals surface area contributed by atoms with E-state index in [-0.39, 0.29) is 0 Å². The van der Waals surface area contributed by atoms with E-state index in [1.54, 1.807) is 11.3 Å². The van der Waals surface area contributed by atoms with Gasteiger partial charge in [0, 0.05) is 4.88 Å². The Bertz CT molecular complexity index is 563. The molecule has 0 bridgehead atoms. The van der Waals surface area contributed by atoms with Crippen molar-refractivity contribution in [3.8, 4) is 0 Å². The molecular formula is C17H21BrOS. The van der Waals surface area contributed by atoms with Gasteiger partial charge in [-0.25, -0.2) is 0 Å². The summed E-state index contributed by atoms with van der Waals surface area (Å²) in [5.41, 5.74) is 5.03. The SMILES string of the molecule is CCc1cc(CC)c(C(O)c2ccc(Br)s2)c(CC)c1. The van der Waals surface area contributed by atoms with E-state index in [1.165, 1.54) is 16.7 Å². The largest absolute Gasteiger partial charge is 0.383 e. The van der Waals surface area contributed by atoms with Crippen molar-refractivity contribution in [2.24, 2.45) is 0 Å². The second kappa shape index (κ2) is 6.88. The molecular weight excluding hydrogens is 332 g/mol. The van der Waals surface area contributed by atoms with Crippen LogP contribution in [-0.4, -0.2) is 5.11 Å². The molecule has 0 spiro atoms. The lowest BCUT2D eigenvalue weighted by molar-refractivity contribution is 0.222. The molecule has 0 aliphatic heterocycles. The first-order valence-electron chi connectivity index (χ1n) is 7.18. The number of hydrogen-bond donors (Lipinski definition) is 1. The minimum Gasteiger partial charge on any atom is -0.383 e. The molecule has 3 heteroatoms. The van der Waals surface area contributed by atoms with Crippen LogP contribution in [0.15, 0.2) is 28.1 Å². The van der Waals surface area contributed by atoms with E-state index in [0.717, 1.165) is 33.5 Å². The highest BCUT2D eigenvalue weighted by molar-refractivity contribution is 9.11. The maximum atomic E-state index is 10.8. The second-order valence-electron chi connectivity index (χ2n) is 4.93. The lowest BCUT2D eigenvalue weighted by Crippen LogP contribution is -2.07. The number of thiophene rings is 1. The summed E-state index contributed by atoms with van der Waals surface area (Å²) in [7, 11) is 0. The predicted octanol–water partition coefficient (Wildman–Crippen LogP) is 5.28. The molecule has 1 heterocycles. The minimum absolute atomic E-state index is 0.512.